The molecule has 0 saturated heterocycles. The van der Waals surface area contributed by atoms with E-state index < -0.39 is 35.0 Å². The summed E-state index contributed by atoms with van der Waals surface area (Å²) in [6.07, 6.45) is -1.50. The Morgan fingerprint density at radius 1 is 0.786 bits per heavy atom. The van der Waals surface area contributed by atoms with Crippen molar-refractivity contribution in [2.45, 2.75) is 46.0 Å². The normalized spacial score (nSPS) is 12.7. The third kappa shape index (κ3) is 11.0. The largest absolute Gasteiger partial charge is 0.487 e. The minimum Gasteiger partial charge on any atom is -0.487 e. The van der Waals surface area contributed by atoms with Crippen molar-refractivity contribution < 1.29 is 52.0 Å². The van der Waals surface area contributed by atoms with Crippen molar-refractivity contribution in [3.63, 3.8) is 0 Å². The summed E-state index contributed by atoms with van der Waals surface area (Å²) in [7, 11) is -9.63. The SMILES string of the molecule is CC(C)Oc1ccc(OC(COP(=O)(O)O)COP(=O)(O)O)cc1OC(C)C. The molecule has 0 radical (unpaired) electrons. The predicted molar refractivity (Wildman–Crippen MR) is 98.4 cm³/mol. The topological polar surface area (TPSA) is 161 Å². The fourth-order valence-corrected chi connectivity index (χ4v) is 2.65. The lowest BCUT2D eigenvalue weighted by Gasteiger charge is -2.22. The van der Waals surface area contributed by atoms with Crippen molar-refractivity contribution >= 4 is 15.6 Å². The van der Waals surface area contributed by atoms with Gasteiger partial charge in [-0.2, -0.15) is 0 Å². The monoisotopic (exact) mass is 444 g/mol. The molecule has 0 unspecified atom stereocenters. The second-order valence-electron chi connectivity index (χ2n) is 6.25. The maximum Gasteiger partial charge on any atom is 0.469 e. The van der Waals surface area contributed by atoms with E-state index in [0.29, 0.717) is 11.5 Å². The van der Waals surface area contributed by atoms with Gasteiger partial charge >= 0.3 is 15.6 Å². The molecule has 1 rings (SSSR count). The molecular weight excluding hydrogens is 418 g/mol. The van der Waals surface area contributed by atoms with Gasteiger partial charge < -0.3 is 33.8 Å². The van der Waals surface area contributed by atoms with E-state index in [4.69, 9.17) is 33.8 Å². The van der Waals surface area contributed by atoms with Crippen LogP contribution >= 0.6 is 15.6 Å². The predicted octanol–water partition coefficient (Wildman–Crippen LogP) is 2.23. The molecule has 0 amide bonds. The molecule has 11 nitrogen and oxygen atoms in total. The van der Waals surface area contributed by atoms with Crippen molar-refractivity contribution in [2.24, 2.45) is 0 Å². The van der Waals surface area contributed by atoms with Gasteiger partial charge in [0, 0.05) is 6.07 Å². The van der Waals surface area contributed by atoms with Gasteiger partial charge in [0.2, 0.25) is 0 Å². The highest BCUT2D eigenvalue weighted by Crippen LogP contribution is 2.39. The van der Waals surface area contributed by atoms with Crippen LogP contribution in [-0.4, -0.2) is 51.1 Å². The molecule has 0 heterocycles. The van der Waals surface area contributed by atoms with Gasteiger partial charge in [-0.3, -0.25) is 9.05 Å². The second-order valence-corrected chi connectivity index (χ2v) is 8.73. The zero-order chi connectivity index (χ0) is 21.5. The molecule has 0 fully saturated rings. The number of phosphoric acid groups is 2. The summed E-state index contributed by atoms with van der Waals surface area (Å²) in [4.78, 5) is 35.3. The highest BCUT2D eigenvalue weighted by atomic mass is 31.2. The fourth-order valence-electron chi connectivity index (χ4n) is 1.93. The van der Waals surface area contributed by atoms with Crippen molar-refractivity contribution in [3.8, 4) is 17.2 Å². The summed E-state index contributed by atoms with van der Waals surface area (Å²) in [5.41, 5.74) is 0. The zero-order valence-electron chi connectivity index (χ0n) is 15.9. The standard InChI is InChI=1S/C15H26O11P2/c1-10(2)24-14-6-5-12(7-15(14)25-11(3)4)26-13(8-22-27(16,17)18)9-23-28(19,20)21/h5-7,10-11,13H,8-9H2,1-4H3,(H2,16,17,18)(H2,19,20,21). The molecule has 0 saturated carbocycles. The Labute approximate surface area is 163 Å². The van der Waals surface area contributed by atoms with E-state index in [1.165, 1.54) is 12.1 Å². The molecule has 1 aromatic carbocycles. The molecule has 4 N–H and O–H groups in total. The van der Waals surface area contributed by atoms with Crippen molar-refractivity contribution in [1.82, 2.24) is 0 Å². The van der Waals surface area contributed by atoms with E-state index in [2.05, 4.69) is 9.05 Å². The highest BCUT2D eigenvalue weighted by Gasteiger charge is 2.24. The molecule has 0 aliphatic heterocycles. The first-order valence-electron chi connectivity index (χ1n) is 8.29. The Morgan fingerprint density at radius 3 is 1.68 bits per heavy atom. The molecule has 0 aliphatic rings. The van der Waals surface area contributed by atoms with E-state index in [1.54, 1.807) is 6.07 Å². The maximum absolute atomic E-state index is 10.9. The van der Waals surface area contributed by atoms with Gasteiger partial charge in [-0.05, 0) is 39.8 Å². The van der Waals surface area contributed by atoms with E-state index >= 15 is 0 Å². The van der Waals surface area contributed by atoms with Crippen molar-refractivity contribution in [1.29, 1.82) is 0 Å². The lowest BCUT2D eigenvalue weighted by atomic mass is 10.2. The van der Waals surface area contributed by atoms with Crippen LogP contribution in [-0.2, 0) is 18.2 Å². The number of benzene rings is 1. The van der Waals surface area contributed by atoms with Crippen LogP contribution in [0, 0.1) is 0 Å². The van der Waals surface area contributed by atoms with E-state index in [-0.39, 0.29) is 18.0 Å². The molecule has 0 aliphatic carbocycles. The number of hydrogen-bond donors (Lipinski definition) is 4. The first-order chi connectivity index (χ1) is 12.7. The van der Waals surface area contributed by atoms with E-state index in [0.717, 1.165) is 0 Å². The van der Waals surface area contributed by atoms with Gasteiger partial charge in [0.1, 0.15) is 11.9 Å². The van der Waals surface area contributed by atoms with Crippen LogP contribution in [0.4, 0.5) is 0 Å². The highest BCUT2D eigenvalue weighted by molar-refractivity contribution is 7.46. The molecule has 0 spiro atoms. The molecule has 0 aromatic heterocycles. The number of rotatable bonds is 12. The fraction of sp³-hybridized carbons (Fsp3) is 0.600. The second kappa shape index (κ2) is 10.6. The zero-order valence-corrected chi connectivity index (χ0v) is 17.7. The quantitative estimate of drug-likeness (QED) is 0.350. The number of phosphoric ester groups is 2. The van der Waals surface area contributed by atoms with Crippen LogP contribution in [0.25, 0.3) is 0 Å². The Kier molecular flexibility index (Phi) is 9.39. The third-order valence-corrected chi connectivity index (χ3v) is 3.77. The summed E-state index contributed by atoms with van der Waals surface area (Å²) in [5, 5.41) is 0. The van der Waals surface area contributed by atoms with Gasteiger partial charge in [0.25, 0.3) is 0 Å². The van der Waals surface area contributed by atoms with Gasteiger partial charge in [0.15, 0.2) is 11.5 Å². The number of hydrogen-bond acceptors (Lipinski definition) is 7. The molecule has 162 valence electrons. The summed E-state index contributed by atoms with van der Waals surface area (Å²) < 4.78 is 47.4. The van der Waals surface area contributed by atoms with E-state index in [1.807, 2.05) is 27.7 Å². The number of ether oxygens (including phenoxy) is 3. The Bertz CT molecular complexity index is 684. The summed E-state index contributed by atoms with van der Waals surface area (Å²) in [6.45, 7) is 5.98. The Morgan fingerprint density at radius 2 is 1.25 bits per heavy atom. The van der Waals surface area contributed by atoms with Gasteiger partial charge in [-0.1, -0.05) is 0 Å². The van der Waals surface area contributed by atoms with Crippen molar-refractivity contribution in [3.05, 3.63) is 18.2 Å². The molecule has 0 atom stereocenters. The summed E-state index contributed by atoms with van der Waals surface area (Å²) in [6, 6.07) is 4.57. The lowest BCUT2D eigenvalue weighted by Crippen LogP contribution is -2.28. The van der Waals surface area contributed by atoms with Crippen molar-refractivity contribution in [2.75, 3.05) is 13.2 Å². The van der Waals surface area contributed by atoms with Gasteiger partial charge in [-0.25, -0.2) is 9.13 Å². The van der Waals surface area contributed by atoms with Gasteiger partial charge in [0.05, 0.1) is 25.4 Å². The smallest absolute Gasteiger partial charge is 0.469 e. The van der Waals surface area contributed by atoms with Crippen LogP contribution in [0.2, 0.25) is 0 Å². The lowest BCUT2D eigenvalue weighted by molar-refractivity contribution is 0.0544. The summed E-state index contributed by atoms with van der Waals surface area (Å²) in [5.74, 6) is 1.03. The minimum absolute atomic E-state index is 0.109. The third-order valence-electron chi connectivity index (χ3n) is 2.80. The van der Waals surface area contributed by atoms with E-state index in [9.17, 15) is 9.13 Å². The van der Waals surface area contributed by atoms with Crippen LogP contribution in [0.5, 0.6) is 17.2 Å². The van der Waals surface area contributed by atoms with Crippen LogP contribution in [0.15, 0.2) is 18.2 Å². The average Bonchev–Trinajstić information content (AvgIpc) is 2.49. The van der Waals surface area contributed by atoms with Crippen LogP contribution < -0.4 is 14.2 Å². The van der Waals surface area contributed by atoms with Crippen LogP contribution in [0.1, 0.15) is 27.7 Å². The Hall–Kier alpha value is -1.16. The molecule has 28 heavy (non-hydrogen) atoms. The molecule has 0 bridgehead atoms. The van der Waals surface area contributed by atoms with Gasteiger partial charge in [-0.15, -0.1) is 0 Å². The first-order valence-corrected chi connectivity index (χ1v) is 11.4. The first kappa shape index (κ1) is 24.9. The molecule has 13 heteroatoms. The van der Waals surface area contributed by atoms with Crippen LogP contribution in [0.3, 0.4) is 0 Å². The molecule has 1 aromatic rings. The maximum atomic E-state index is 10.9. The average molecular weight is 444 g/mol. The minimum atomic E-state index is -4.82. The Balaban J connectivity index is 3.00. The summed E-state index contributed by atoms with van der Waals surface area (Å²) >= 11 is 0. The molecular formula is C15H26O11P2.